The van der Waals surface area contributed by atoms with Crippen molar-refractivity contribution in [2.24, 2.45) is 5.92 Å². The fourth-order valence-corrected chi connectivity index (χ4v) is 5.25. The van der Waals surface area contributed by atoms with Gasteiger partial charge < -0.3 is 9.84 Å². The number of fused-ring (bicyclic) bond motifs is 3. The number of hydrogen-bond donors (Lipinski definition) is 1. The van der Waals surface area contributed by atoms with Crippen molar-refractivity contribution in [1.82, 2.24) is 0 Å². The Morgan fingerprint density at radius 2 is 1.93 bits per heavy atom. The van der Waals surface area contributed by atoms with Gasteiger partial charge in [-0.2, -0.15) is 0 Å². The molecule has 2 aliphatic rings. The number of phenols is 1. The second-order valence-electron chi connectivity index (χ2n) is 9.62. The minimum atomic E-state index is -0.212. The summed E-state index contributed by atoms with van der Waals surface area (Å²) in [6.45, 7) is 8.87. The van der Waals surface area contributed by atoms with Gasteiger partial charge in [0.15, 0.2) is 0 Å². The van der Waals surface area contributed by atoms with Gasteiger partial charge in [0.2, 0.25) is 0 Å². The lowest BCUT2D eigenvalue weighted by Crippen LogP contribution is -2.45. The maximum absolute atomic E-state index is 11.0. The molecule has 3 atom stereocenters. The van der Waals surface area contributed by atoms with Crippen molar-refractivity contribution in [2.75, 3.05) is 0 Å². The van der Waals surface area contributed by atoms with Crippen molar-refractivity contribution >= 4 is 0 Å². The Morgan fingerprint density at radius 3 is 2.69 bits per heavy atom. The van der Waals surface area contributed by atoms with Gasteiger partial charge in [0, 0.05) is 17.4 Å². The smallest absolute Gasteiger partial charge is 0.127 e. The van der Waals surface area contributed by atoms with E-state index in [-0.39, 0.29) is 11.5 Å². The minimum Gasteiger partial charge on any atom is -0.507 e. The van der Waals surface area contributed by atoms with Gasteiger partial charge in [0.05, 0.1) is 0 Å². The summed E-state index contributed by atoms with van der Waals surface area (Å²) in [5.41, 5.74) is 4.78. The molecule has 2 heteroatoms. The summed E-state index contributed by atoms with van der Waals surface area (Å²) >= 11 is 0. The van der Waals surface area contributed by atoms with Crippen LogP contribution in [0.15, 0.2) is 54.1 Å². The van der Waals surface area contributed by atoms with Crippen molar-refractivity contribution in [3.63, 3.8) is 0 Å². The average Bonchev–Trinajstić information content (AvgIpc) is 2.67. The number of ether oxygens (including phenoxy) is 1. The summed E-state index contributed by atoms with van der Waals surface area (Å²) in [7, 11) is 0. The molecule has 2 nitrogen and oxygen atoms in total. The summed E-state index contributed by atoms with van der Waals surface area (Å²) in [5, 5.41) is 11.0. The van der Waals surface area contributed by atoms with E-state index in [4.69, 9.17) is 4.74 Å². The van der Waals surface area contributed by atoms with E-state index in [1.807, 2.05) is 6.07 Å². The zero-order chi connectivity index (χ0) is 20.6. The summed E-state index contributed by atoms with van der Waals surface area (Å²) < 4.78 is 6.48. The van der Waals surface area contributed by atoms with Crippen LogP contribution in [-0.4, -0.2) is 10.7 Å². The van der Waals surface area contributed by atoms with Crippen LogP contribution < -0.4 is 4.74 Å². The molecule has 0 amide bonds. The summed E-state index contributed by atoms with van der Waals surface area (Å²) in [6, 6.07) is 14.8. The number of aromatic hydroxyl groups is 1. The molecule has 0 saturated heterocycles. The van der Waals surface area contributed by atoms with Gasteiger partial charge >= 0.3 is 0 Å². The molecule has 1 aliphatic carbocycles. The lowest BCUT2D eigenvalue weighted by molar-refractivity contribution is 0.0107. The van der Waals surface area contributed by atoms with Crippen LogP contribution in [0, 0.1) is 5.92 Å². The highest BCUT2D eigenvalue weighted by Crippen LogP contribution is 2.53. The van der Waals surface area contributed by atoms with E-state index in [9.17, 15) is 5.11 Å². The highest BCUT2D eigenvalue weighted by molar-refractivity contribution is 5.54. The quantitative estimate of drug-likeness (QED) is 0.550. The normalized spacial score (nSPS) is 23.4. The summed E-state index contributed by atoms with van der Waals surface area (Å²) in [5.74, 6) is 2.35. The van der Waals surface area contributed by atoms with Gasteiger partial charge in [0.1, 0.15) is 17.1 Å². The lowest BCUT2D eigenvalue weighted by atomic mass is 9.68. The van der Waals surface area contributed by atoms with Crippen LogP contribution in [0.2, 0.25) is 0 Å². The lowest BCUT2D eigenvalue weighted by Gasteiger charge is -2.46. The third-order valence-corrected chi connectivity index (χ3v) is 7.00. The molecule has 2 aromatic carbocycles. The Hall–Kier alpha value is -2.22. The predicted octanol–water partition coefficient (Wildman–Crippen LogP) is 7.13. The fraction of sp³-hybridized carbons (Fsp3) is 0.481. The zero-order valence-electron chi connectivity index (χ0n) is 18.2. The molecule has 29 heavy (non-hydrogen) atoms. The fourth-order valence-electron chi connectivity index (χ4n) is 5.25. The maximum Gasteiger partial charge on any atom is 0.127 e. The summed E-state index contributed by atoms with van der Waals surface area (Å²) in [4.78, 5) is 0. The minimum absolute atomic E-state index is 0.212. The molecule has 0 bridgehead atoms. The molecule has 0 saturated carbocycles. The van der Waals surface area contributed by atoms with E-state index in [0.717, 1.165) is 43.4 Å². The molecule has 1 heterocycles. The number of aryl methyl sites for hydroxylation is 1. The Kier molecular flexibility index (Phi) is 5.46. The standard InChI is InChI=1S/C27H34O2/c1-18-13-14-23-22(15-18)26-24(28)16-21(17-25(26)29-27(23,3)4)19(2)9-8-12-20-10-6-5-7-11-20/h5-7,10-11,15-17,19,22-23,28H,8-9,12-14H2,1-4H3. The Balaban J connectivity index is 1.55. The van der Waals surface area contributed by atoms with Crippen molar-refractivity contribution in [3.8, 4) is 11.5 Å². The topological polar surface area (TPSA) is 29.5 Å². The van der Waals surface area contributed by atoms with Gasteiger partial charge in [-0.05, 0) is 82.1 Å². The first kappa shape index (κ1) is 20.1. The second kappa shape index (κ2) is 7.89. The molecule has 3 unspecified atom stereocenters. The van der Waals surface area contributed by atoms with E-state index in [1.54, 1.807) is 0 Å². The molecule has 1 aliphatic heterocycles. The molecule has 4 rings (SSSR count). The maximum atomic E-state index is 11.0. The third kappa shape index (κ3) is 4.08. The zero-order valence-corrected chi connectivity index (χ0v) is 18.2. The first-order chi connectivity index (χ1) is 13.8. The van der Waals surface area contributed by atoms with Crippen molar-refractivity contribution in [2.45, 2.75) is 77.2 Å². The number of rotatable bonds is 5. The molecule has 0 aromatic heterocycles. The van der Waals surface area contributed by atoms with Crippen LogP contribution in [0.3, 0.4) is 0 Å². The number of benzene rings is 2. The van der Waals surface area contributed by atoms with Gasteiger partial charge in [-0.25, -0.2) is 0 Å². The highest BCUT2D eigenvalue weighted by atomic mass is 16.5. The van der Waals surface area contributed by atoms with Crippen molar-refractivity contribution in [3.05, 3.63) is 70.8 Å². The Labute approximate surface area is 175 Å². The van der Waals surface area contributed by atoms with E-state index in [0.29, 0.717) is 17.6 Å². The van der Waals surface area contributed by atoms with Crippen molar-refractivity contribution < 1.29 is 9.84 Å². The van der Waals surface area contributed by atoms with Crippen LogP contribution in [-0.2, 0) is 6.42 Å². The van der Waals surface area contributed by atoms with Crippen molar-refractivity contribution in [1.29, 1.82) is 0 Å². The monoisotopic (exact) mass is 390 g/mol. The molecule has 1 N–H and O–H groups in total. The average molecular weight is 391 g/mol. The van der Waals surface area contributed by atoms with E-state index in [2.05, 4.69) is 70.2 Å². The predicted molar refractivity (Wildman–Crippen MR) is 120 cm³/mol. The number of phenolic OH excluding ortho intramolecular Hbond substituents is 1. The molecule has 154 valence electrons. The summed E-state index contributed by atoms with van der Waals surface area (Å²) in [6.07, 6.45) is 7.94. The van der Waals surface area contributed by atoms with Gasteiger partial charge in [-0.15, -0.1) is 0 Å². The Bertz CT molecular complexity index is 894. The first-order valence-corrected chi connectivity index (χ1v) is 11.1. The highest BCUT2D eigenvalue weighted by Gasteiger charge is 2.45. The SMILES string of the molecule is CC1=CC2c3c(O)cc(C(C)CCCc4ccccc4)cc3OC(C)(C)C2CC1. The molecule has 0 spiro atoms. The van der Waals surface area contributed by atoms with Crippen LogP contribution in [0.1, 0.15) is 81.9 Å². The van der Waals surface area contributed by atoms with E-state index >= 15 is 0 Å². The van der Waals surface area contributed by atoms with Crippen LogP contribution in [0.5, 0.6) is 11.5 Å². The molecule has 2 aromatic rings. The third-order valence-electron chi connectivity index (χ3n) is 7.00. The number of hydrogen-bond acceptors (Lipinski definition) is 2. The van der Waals surface area contributed by atoms with Crippen LogP contribution >= 0.6 is 0 Å². The number of allylic oxidation sites excluding steroid dienone is 2. The van der Waals surface area contributed by atoms with Crippen LogP contribution in [0.25, 0.3) is 0 Å². The largest absolute Gasteiger partial charge is 0.507 e. The van der Waals surface area contributed by atoms with Gasteiger partial charge in [0.25, 0.3) is 0 Å². The first-order valence-electron chi connectivity index (χ1n) is 11.1. The molecule has 0 radical (unpaired) electrons. The Morgan fingerprint density at radius 1 is 1.17 bits per heavy atom. The molecule has 0 fully saturated rings. The second-order valence-corrected chi connectivity index (χ2v) is 9.62. The van der Waals surface area contributed by atoms with Gasteiger partial charge in [-0.3, -0.25) is 0 Å². The van der Waals surface area contributed by atoms with E-state index < -0.39 is 0 Å². The van der Waals surface area contributed by atoms with E-state index in [1.165, 1.54) is 16.7 Å². The van der Waals surface area contributed by atoms with Gasteiger partial charge in [-0.1, -0.05) is 48.9 Å². The van der Waals surface area contributed by atoms with Crippen LogP contribution in [0.4, 0.5) is 0 Å². The molecular formula is C27H34O2. The molecular weight excluding hydrogens is 356 g/mol.